The molecule has 1 fully saturated rings. The van der Waals surface area contributed by atoms with E-state index in [0.29, 0.717) is 18.9 Å². The van der Waals surface area contributed by atoms with Crippen molar-refractivity contribution in [2.24, 2.45) is 10.8 Å². The number of nitrogens with zero attached hydrogens (tertiary/aromatic N) is 2. The molecule has 1 aliphatic rings. The highest BCUT2D eigenvalue weighted by Gasteiger charge is 2.48. The Morgan fingerprint density at radius 3 is 2.25 bits per heavy atom. The van der Waals surface area contributed by atoms with Gasteiger partial charge in [-0.2, -0.15) is 13.2 Å². The molecule has 1 aliphatic heterocycles. The van der Waals surface area contributed by atoms with Crippen molar-refractivity contribution in [3.8, 4) is 0 Å². The second-order valence-electron chi connectivity index (χ2n) is 6.69. The van der Waals surface area contributed by atoms with Crippen LogP contribution >= 0.6 is 11.6 Å². The predicted molar refractivity (Wildman–Crippen MR) is 74.0 cm³/mol. The molecular formula is C14H18ClF3N2. The number of hydrogen-bond acceptors (Lipinski definition) is 2. The molecule has 2 rings (SSSR count). The van der Waals surface area contributed by atoms with Crippen LogP contribution in [0.15, 0.2) is 12.3 Å². The summed E-state index contributed by atoms with van der Waals surface area (Å²) in [7, 11) is 0. The summed E-state index contributed by atoms with van der Waals surface area (Å²) < 4.78 is 38.5. The molecule has 112 valence electrons. The molecule has 6 heteroatoms. The van der Waals surface area contributed by atoms with Crippen LogP contribution in [-0.4, -0.2) is 18.1 Å². The molecule has 1 aromatic rings. The Morgan fingerprint density at radius 2 is 1.80 bits per heavy atom. The Labute approximate surface area is 121 Å². The van der Waals surface area contributed by atoms with Crippen molar-refractivity contribution in [3.63, 3.8) is 0 Å². The van der Waals surface area contributed by atoms with E-state index in [1.165, 1.54) is 0 Å². The third kappa shape index (κ3) is 2.60. The van der Waals surface area contributed by atoms with Crippen molar-refractivity contribution in [2.45, 2.75) is 33.9 Å². The monoisotopic (exact) mass is 306 g/mol. The zero-order chi connectivity index (χ0) is 15.3. The van der Waals surface area contributed by atoms with Crippen molar-refractivity contribution in [1.82, 2.24) is 4.98 Å². The van der Waals surface area contributed by atoms with Crippen LogP contribution in [0, 0.1) is 10.8 Å². The van der Waals surface area contributed by atoms with Crippen LogP contribution in [0.5, 0.6) is 0 Å². The van der Waals surface area contributed by atoms with Gasteiger partial charge in [0.2, 0.25) is 0 Å². The van der Waals surface area contributed by atoms with Crippen molar-refractivity contribution >= 4 is 17.4 Å². The average molecular weight is 307 g/mol. The van der Waals surface area contributed by atoms with Gasteiger partial charge in [-0.15, -0.1) is 0 Å². The van der Waals surface area contributed by atoms with Crippen LogP contribution in [0.1, 0.15) is 33.3 Å². The number of anilines is 1. The number of aromatic nitrogens is 1. The first-order valence-electron chi connectivity index (χ1n) is 6.42. The summed E-state index contributed by atoms with van der Waals surface area (Å²) in [6.45, 7) is 9.96. The molecule has 0 spiro atoms. The molecule has 0 bridgehead atoms. The van der Waals surface area contributed by atoms with Gasteiger partial charge in [0.15, 0.2) is 0 Å². The number of pyridine rings is 1. The molecule has 0 unspecified atom stereocenters. The van der Waals surface area contributed by atoms with Gasteiger partial charge >= 0.3 is 6.18 Å². The molecule has 0 atom stereocenters. The van der Waals surface area contributed by atoms with Crippen LogP contribution in [0.3, 0.4) is 0 Å². The molecule has 2 heterocycles. The Morgan fingerprint density at radius 1 is 1.25 bits per heavy atom. The molecule has 1 saturated heterocycles. The van der Waals surface area contributed by atoms with Crippen LogP contribution in [0.2, 0.25) is 5.02 Å². The van der Waals surface area contributed by atoms with E-state index in [0.717, 1.165) is 12.3 Å². The Balaban J connectivity index is 2.22. The first-order valence-corrected chi connectivity index (χ1v) is 6.79. The Kier molecular flexibility index (Phi) is 3.48. The smallest absolute Gasteiger partial charge is 0.355 e. The number of halogens is 4. The summed E-state index contributed by atoms with van der Waals surface area (Å²) in [4.78, 5) is 5.87. The standard InChI is InChI=1S/C14H18ClF3N2/c1-12(2,3)13(4)7-20(8-13)11-5-9(14(16,17)18)10(15)6-19-11/h5-6H,7-8H2,1-4H3. The van der Waals surface area contributed by atoms with Crippen LogP contribution in [0.25, 0.3) is 0 Å². The lowest BCUT2D eigenvalue weighted by molar-refractivity contribution is -0.137. The summed E-state index contributed by atoms with van der Waals surface area (Å²) in [5.41, 5.74) is -0.649. The molecule has 20 heavy (non-hydrogen) atoms. The molecule has 2 nitrogen and oxygen atoms in total. The lowest BCUT2D eigenvalue weighted by atomic mass is 9.63. The molecule has 0 aliphatic carbocycles. The summed E-state index contributed by atoms with van der Waals surface area (Å²) in [6.07, 6.45) is -3.38. The van der Waals surface area contributed by atoms with Gasteiger partial charge in [0.1, 0.15) is 5.82 Å². The van der Waals surface area contributed by atoms with E-state index < -0.39 is 11.7 Å². The van der Waals surface area contributed by atoms with E-state index in [1.54, 1.807) is 0 Å². The molecule has 0 N–H and O–H groups in total. The van der Waals surface area contributed by atoms with Gasteiger partial charge < -0.3 is 4.90 Å². The van der Waals surface area contributed by atoms with E-state index in [4.69, 9.17) is 11.6 Å². The highest BCUT2D eigenvalue weighted by Crippen LogP contribution is 2.47. The van der Waals surface area contributed by atoms with Crippen molar-refractivity contribution < 1.29 is 13.2 Å². The number of rotatable bonds is 1. The summed E-state index contributed by atoms with van der Waals surface area (Å²) in [5, 5.41) is -0.361. The average Bonchev–Trinajstić information content (AvgIpc) is 2.22. The van der Waals surface area contributed by atoms with Crippen LogP contribution < -0.4 is 4.90 Å². The number of alkyl halides is 3. The van der Waals surface area contributed by atoms with Gasteiger partial charge in [-0.25, -0.2) is 4.98 Å². The maximum atomic E-state index is 12.8. The van der Waals surface area contributed by atoms with Gasteiger partial charge in [0.25, 0.3) is 0 Å². The van der Waals surface area contributed by atoms with E-state index in [1.807, 2.05) is 4.90 Å². The topological polar surface area (TPSA) is 16.1 Å². The first kappa shape index (κ1) is 15.4. The van der Waals surface area contributed by atoms with E-state index in [-0.39, 0.29) is 15.9 Å². The lowest BCUT2D eigenvalue weighted by Crippen LogP contribution is -2.61. The molecule has 0 saturated carbocycles. The van der Waals surface area contributed by atoms with Crippen molar-refractivity contribution in [1.29, 1.82) is 0 Å². The van der Waals surface area contributed by atoms with Crippen LogP contribution in [-0.2, 0) is 6.18 Å². The largest absolute Gasteiger partial charge is 0.418 e. The van der Waals surface area contributed by atoms with Crippen LogP contribution in [0.4, 0.5) is 19.0 Å². The van der Waals surface area contributed by atoms with E-state index in [2.05, 4.69) is 32.7 Å². The molecule has 0 amide bonds. The van der Waals surface area contributed by atoms with E-state index >= 15 is 0 Å². The maximum absolute atomic E-state index is 12.8. The second-order valence-corrected chi connectivity index (χ2v) is 7.09. The fraction of sp³-hybridized carbons (Fsp3) is 0.643. The Hall–Kier alpha value is -0.970. The molecule has 1 aromatic heterocycles. The fourth-order valence-electron chi connectivity index (χ4n) is 2.25. The summed E-state index contributed by atoms with van der Waals surface area (Å²) in [5.74, 6) is 0.337. The van der Waals surface area contributed by atoms with Gasteiger partial charge in [0.05, 0.1) is 10.6 Å². The zero-order valence-electron chi connectivity index (χ0n) is 12.0. The minimum absolute atomic E-state index is 0.0761. The van der Waals surface area contributed by atoms with Crippen molar-refractivity contribution in [2.75, 3.05) is 18.0 Å². The summed E-state index contributed by atoms with van der Waals surface area (Å²) >= 11 is 5.57. The summed E-state index contributed by atoms with van der Waals surface area (Å²) in [6, 6.07) is 1.03. The zero-order valence-corrected chi connectivity index (χ0v) is 12.7. The minimum atomic E-state index is -4.45. The third-order valence-corrected chi connectivity index (χ3v) is 4.66. The lowest BCUT2D eigenvalue weighted by Gasteiger charge is -2.56. The third-order valence-electron chi connectivity index (χ3n) is 4.36. The van der Waals surface area contributed by atoms with Gasteiger partial charge in [0, 0.05) is 24.7 Å². The minimum Gasteiger partial charge on any atom is -0.355 e. The number of hydrogen-bond donors (Lipinski definition) is 0. The second kappa shape index (κ2) is 4.52. The highest BCUT2D eigenvalue weighted by atomic mass is 35.5. The van der Waals surface area contributed by atoms with E-state index in [9.17, 15) is 13.2 Å². The molecule has 0 aromatic carbocycles. The van der Waals surface area contributed by atoms with Gasteiger partial charge in [-0.05, 0) is 11.5 Å². The first-order chi connectivity index (χ1) is 8.94. The predicted octanol–water partition coefficient (Wildman–Crippen LogP) is 4.63. The van der Waals surface area contributed by atoms with Gasteiger partial charge in [-0.1, -0.05) is 39.3 Å². The van der Waals surface area contributed by atoms with Crippen molar-refractivity contribution in [3.05, 3.63) is 22.8 Å². The van der Waals surface area contributed by atoms with Gasteiger partial charge in [-0.3, -0.25) is 0 Å². The Bertz CT molecular complexity index is 514. The highest BCUT2D eigenvalue weighted by molar-refractivity contribution is 6.31. The maximum Gasteiger partial charge on any atom is 0.418 e. The molecular weight excluding hydrogens is 289 g/mol. The fourth-order valence-corrected chi connectivity index (χ4v) is 2.46. The SMILES string of the molecule is CC(C)(C)C1(C)CN(c2cc(C(F)(F)F)c(Cl)cn2)C1. The quantitative estimate of drug-likeness (QED) is 0.752. The molecule has 0 radical (unpaired) electrons. The normalized spacial score (nSPS) is 18.9.